The SMILES string of the molecule is CC(C)[Si](C#Cc1c(F)ccc2cc(O)cc(-c3nc(-c4cncnc4)c4c(N5C[C@H]6CC[C@@H](C5)N6)nc(OC[C@@]56CCCN5C[C@H](F)C6)nc4c3F)c12)(C(C)C)C(C)C.Cl. The van der Waals surface area contributed by atoms with Crippen LogP contribution < -0.4 is 15.0 Å². The van der Waals surface area contributed by atoms with Crippen molar-refractivity contribution in [2.45, 2.75) is 114 Å². The Kier molecular flexibility index (Phi) is 11.7. The summed E-state index contributed by atoms with van der Waals surface area (Å²) in [6, 6.07) is 6.30. The summed E-state index contributed by atoms with van der Waals surface area (Å²) in [4.78, 5) is 27.8. The lowest BCUT2D eigenvalue weighted by molar-refractivity contribution is 0.107. The monoisotopic (exact) mass is 870 g/mol. The topological polar surface area (TPSA) is 112 Å². The fourth-order valence-corrected chi connectivity index (χ4v) is 16.4. The lowest BCUT2D eigenvalue weighted by Crippen LogP contribution is -2.51. The van der Waals surface area contributed by atoms with Gasteiger partial charge in [0.2, 0.25) is 0 Å². The number of nitrogens with one attached hydrogen (secondary N) is 1. The largest absolute Gasteiger partial charge is 0.508 e. The van der Waals surface area contributed by atoms with Crippen molar-refractivity contribution in [3.05, 3.63) is 60.2 Å². The van der Waals surface area contributed by atoms with Crippen LogP contribution in [0.3, 0.4) is 0 Å². The molecule has 15 heteroatoms. The summed E-state index contributed by atoms with van der Waals surface area (Å²) in [7, 11) is -2.34. The standard InChI is InChI=1S/C46H53F3N8O2Si.ClH/c1-26(2)60(27(3)4,28(5)6)15-12-35-37(48)11-8-29-16-34(58)17-36(38(29)35)42-40(49)43-39(41(53-42)30-19-50-25-51-20-30)44(56-22-32-9-10-33(23-56)52-32)55-45(54-43)59-24-46-13-7-14-57(46)21-31(47)18-46;/h8,11,16-17,19-20,25-28,31-33,52,58H,7,9-10,13-14,18,21-24H2,1-6H3;1H/t31-,32-,33+,46+;/m1./s1. The van der Waals surface area contributed by atoms with Gasteiger partial charge in [-0.05, 0) is 72.4 Å². The van der Waals surface area contributed by atoms with E-state index in [9.17, 15) is 9.50 Å². The second-order valence-corrected chi connectivity index (χ2v) is 24.0. The van der Waals surface area contributed by atoms with Gasteiger partial charge in [-0.25, -0.2) is 28.1 Å². The van der Waals surface area contributed by atoms with Crippen LogP contribution in [0.2, 0.25) is 16.6 Å². The number of hydrogen-bond acceptors (Lipinski definition) is 10. The Morgan fingerprint density at radius 1 is 0.934 bits per heavy atom. The molecule has 0 spiro atoms. The molecule has 0 amide bonds. The second-order valence-electron chi connectivity index (χ2n) is 18.4. The Bertz CT molecular complexity index is 2500. The van der Waals surface area contributed by atoms with Crippen molar-refractivity contribution in [2.75, 3.05) is 37.7 Å². The lowest BCUT2D eigenvalue weighted by Gasteiger charge is -2.38. The fourth-order valence-electron chi connectivity index (χ4n) is 11.2. The van der Waals surface area contributed by atoms with E-state index in [2.05, 4.69) is 78.1 Å². The van der Waals surface area contributed by atoms with Gasteiger partial charge in [0.05, 0.1) is 22.2 Å². The maximum atomic E-state index is 18.0. The number of phenols is 1. The zero-order valence-electron chi connectivity index (χ0n) is 35.6. The third kappa shape index (κ3) is 7.49. The number of aromatic nitrogens is 5. The Morgan fingerprint density at radius 3 is 2.33 bits per heavy atom. The van der Waals surface area contributed by atoms with Crippen molar-refractivity contribution in [1.82, 2.24) is 35.1 Å². The minimum atomic E-state index is -2.34. The molecule has 10 nitrogen and oxygen atoms in total. The molecule has 4 fully saturated rings. The molecule has 0 radical (unpaired) electrons. The van der Waals surface area contributed by atoms with E-state index in [1.165, 1.54) is 24.5 Å². The van der Waals surface area contributed by atoms with Gasteiger partial charge in [-0.1, -0.05) is 53.5 Å². The highest BCUT2D eigenvalue weighted by molar-refractivity contribution is 6.90. The van der Waals surface area contributed by atoms with Crippen LogP contribution in [-0.4, -0.2) is 99.6 Å². The lowest BCUT2D eigenvalue weighted by atomic mass is 9.95. The second kappa shape index (κ2) is 16.6. The van der Waals surface area contributed by atoms with Gasteiger partial charge in [0.15, 0.2) is 5.82 Å². The highest BCUT2D eigenvalue weighted by Crippen LogP contribution is 2.45. The van der Waals surface area contributed by atoms with Gasteiger partial charge >= 0.3 is 6.01 Å². The number of aromatic hydroxyl groups is 1. The number of alkyl halides is 1. The molecule has 4 saturated heterocycles. The number of nitrogens with zero attached hydrogens (tertiary/aromatic N) is 7. The van der Waals surface area contributed by atoms with E-state index in [0.29, 0.717) is 75.9 Å². The van der Waals surface area contributed by atoms with Gasteiger partial charge in [-0.15, -0.1) is 18.0 Å². The predicted molar refractivity (Wildman–Crippen MR) is 239 cm³/mol. The molecule has 4 atom stereocenters. The van der Waals surface area contributed by atoms with Crippen molar-refractivity contribution >= 4 is 48.0 Å². The Morgan fingerprint density at radius 2 is 1.64 bits per heavy atom. The van der Waals surface area contributed by atoms with Gasteiger partial charge in [0.1, 0.15) is 55.8 Å². The zero-order chi connectivity index (χ0) is 42.1. The van der Waals surface area contributed by atoms with Gasteiger partial charge in [-0.2, -0.15) is 9.97 Å². The molecule has 61 heavy (non-hydrogen) atoms. The van der Waals surface area contributed by atoms with E-state index in [4.69, 9.17) is 19.7 Å². The van der Waals surface area contributed by atoms with E-state index >= 15 is 8.78 Å². The summed E-state index contributed by atoms with van der Waals surface area (Å²) < 4.78 is 55.6. The van der Waals surface area contributed by atoms with E-state index < -0.39 is 31.4 Å². The quantitative estimate of drug-likeness (QED) is 0.110. The van der Waals surface area contributed by atoms with Crippen molar-refractivity contribution in [2.24, 2.45) is 0 Å². The minimum absolute atomic E-state index is 0. The molecule has 3 aromatic heterocycles. The molecule has 2 bridgehead atoms. The number of phenolic OH excluding ortho intramolecular Hbond substituents is 1. The van der Waals surface area contributed by atoms with Crippen LogP contribution in [0.25, 0.3) is 44.2 Å². The molecule has 2 N–H and O–H groups in total. The van der Waals surface area contributed by atoms with Crippen molar-refractivity contribution in [1.29, 1.82) is 0 Å². The first-order chi connectivity index (χ1) is 28.8. The van der Waals surface area contributed by atoms with Crippen LogP contribution in [0.15, 0.2) is 43.0 Å². The molecule has 322 valence electrons. The summed E-state index contributed by atoms with van der Waals surface area (Å²) in [5.74, 6) is 2.31. The summed E-state index contributed by atoms with van der Waals surface area (Å²) in [6.07, 6.45) is 7.79. The molecule has 7 heterocycles. The van der Waals surface area contributed by atoms with Gasteiger partial charge in [0.25, 0.3) is 0 Å². The smallest absolute Gasteiger partial charge is 0.319 e. The van der Waals surface area contributed by atoms with Crippen molar-refractivity contribution in [3.8, 4) is 45.7 Å². The van der Waals surface area contributed by atoms with Crippen LogP contribution in [0.4, 0.5) is 19.0 Å². The number of halogens is 4. The molecule has 0 unspecified atom stereocenters. The van der Waals surface area contributed by atoms with E-state index in [-0.39, 0.29) is 65.2 Å². The van der Waals surface area contributed by atoms with Gasteiger partial charge < -0.3 is 20.1 Å². The number of piperazine rings is 1. The number of pyridine rings is 1. The highest BCUT2D eigenvalue weighted by Gasteiger charge is 2.49. The normalized spacial score (nSPS) is 22.6. The maximum absolute atomic E-state index is 18.0. The molecule has 5 aromatic rings. The number of rotatable bonds is 9. The number of ether oxygens (including phenoxy) is 1. The van der Waals surface area contributed by atoms with Crippen LogP contribution in [-0.2, 0) is 0 Å². The highest BCUT2D eigenvalue weighted by atomic mass is 35.5. The minimum Gasteiger partial charge on any atom is -0.508 e. The first-order valence-corrected chi connectivity index (χ1v) is 23.7. The Balaban J connectivity index is 0.00000514. The average Bonchev–Trinajstić information content (AvgIpc) is 3.87. The molecule has 9 rings (SSSR count). The number of benzene rings is 2. The summed E-state index contributed by atoms with van der Waals surface area (Å²) in [6.45, 7) is 15.8. The first kappa shape index (κ1) is 43.1. The van der Waals surface area contributed by atoms with Crippen molar-refractivity contribution < 1.29 is 23.0 Å². The zero-order valence-corrected chi connectivity index (χ0v) is 37.4. The average molecular weight is 872 g/mol. The number of anilines is 1. The molecular weight excluding hydrogens is 817 g/mol. The third-order valence-corrected chi connectivity index (χ3v) is 20.2. The first-order valence-electron chi connectivity index (χ1n) is 21.5. The number of hydrogen-bond donors (Lipinski definition) is 2. The van der Waals surface area contributed by atoms with Gasteiger partial charge in [-0.3, -0.25) is 4.90 Å². The van der Waals surface area contributed by atoms with E-state index in [1.54, 1.807) is 18.5 Å². The molecule has 2 aromatic carbocycles. The predicted octanol–water partition coefficient (Wildman–Crippen LogP) is 9.17. The number of fused-ring (bicyclic) bond motifs is 5. The molecule has 0 aliphatic carbocycles. The molecular formula is C46H54ClF3N8O2Si. The van der Waals surface area contributed by atoms with Gasteiger partial charge in [0, 0.05) is 67.0 Å². The fraction of sp³-hybridized carbons (Fsp3) is 0.500. The molecule has 0 saturated carbocycles. The summed E-state index contributed by atoms with van der Waals surface area (Å²) in [5.41, 5.74) is 4.97. The Hall–Kier alpha value is -4.55. The summed E-state index contributed by atoms with van der Waals surface area (Å²) >= 11 is 0. The molecule has 4 aliphatic rings. The van der Waals surface area contributed by atoms with E-state index in [1.807, 2.05) is 0 Å². The van der Waals surface area contributed by atoms with Crippen LogP contribution in [0, 0.1) is 23.1 Å². The maximum Gasteiger partial charge on any atom is 0.319 e. The van der Waals surface area contributed by atoms with Crippen LogP contribution >= 0.6 is 12.4 Å². The molecule has 4 aliphatic heterocycles. The van der Waals surface area contributed by atoms with Crippen LogP contribution in [0.5, 0.6) is 11.8 Å². The van der Waals surface area contributed by atoms with Crippen LogP contribution in [0.1, 0.15) is 79.2 Å². The Labute approximate surface area is 362 Å². The van der Waals surface area contributed by atoms with Crippen molar-refractivity contribution in [3.63, 3.8) is 0 Å². The van der Waals surface area contributed by atoms with E-state index in [0.717, 1.165) is 32.2 Å². The third-order valence-electron chi connectivity index (χ3n) is 13.9. The summed E-state index contributed by atoms with van der Waals surface area (Å²) in [5, 5.41) is 16.1.